The van der Waals surface area contributed by atoms with E-state index in [0.29, 0.717) is 9.79 Å². The van der Waals surface area contributed by atoms with Gasteiger partial charge in [0.05, 0.1) is 16.2 Å². The third-order valence-corrected chi connectivity index (χ3v) is 3.53. The van der Waals surface area contributed by atoms with Crippen LogP contribution in [0.5, 0.6) is 0 Å². The predicted molar refractivity (Wildman–Crippen MR) is 76.0 cm³/mol. The van der Waals surface area contributed by atoms with Crippen molar-refractivity contribution in [3.8, 4) is 5.69 Å². The summed E-state index contributed by atoms with van der Waals surface area (Å²) < 4.78 is 2.61. The molecular formula is C13H10ClN3S. The number of pyridine rings is 1. The Bertz CT molecular complexity index is 788. The van der Waals surface area contributed by atoms with Gasteiger partial charge in [-0.05, 0) is 43.4 Å². The van der Waals surface area contributed by atoms with Gasteiger partial charge in [0.25, 0.3) is 0 Å². The molecule has 0 radical (unpaired) electrons. The number of nitrogens with one attached hydrogen (secondary N) is 1. The van der Waals surface area contributed by atoms with Crippen LogP contribution in [0, 0.1) is 11.7 Å². The first kappa shape index (κ1) is 11.4. The summed E-state index contributed by atoms with van der Waals surface area (Å²) >= 11 is 11.5. The highest BCUT2D eigenvalue weighted by molar-refractivity contribution is 7.71. The van der Waals surface area contributed by atoms with Crippen molar-refractivity contribution in [2.24, 2.45) is 0 Å². The molecule has 0 saturated carbocycles. The normalized spacial score (nSPS) is 11.0. The van der Waals surface area contributed by atoms with E-state index in [1.807, 2.05) is 42.0 Å². The molecule has 0 fully saturated rings. The Labute approximate surface area is 114 Å². The highest BCUT2D eigenvalue weighted by atomic mass is 35.5. The molecule has 18 heavy (non-hydrogen) atoms. The Morgan fingerprint density at radius 1 is 1.33 bits per heavy atom. The van der Waals surface area contributed by atoms with Crippen LogP contribution in [0.15, 0.2) is 36.7 Å². The Morgan fingerprint density at radius 2 is 2.17 bits per heavy atom. The van der Waals surface area contributed by atoms with E-state index in [2.05, 4.69) is 9.97 Å². The molecule has 0 aliphatic heterocycles. The molecule has 90 valence electrons. The van der Waals surface area contributed by atoms with E-state index in [0.717, 1.165) is 22.3 Å². The molecule has 0 unspecified atom stereocenters. The maximum absolute atomic E-state index is 6.19. The topological polar surface area (TPSA) is 33.6 Å². The van der Waals surface area contributed by atoms with Gasteiger partial charge in [0.15, 0.2) is 4.77 Å². The minimum absolute atomic E-state index is 0.654. The lowest BCUT2D eigenvalue weighted by Gasteiger charge is -2.09. The van der Waals surface area contributed by atoms with E-state index in [4.69, 9.17) is 23.8 Å². The van der Waals surface area contributed by atoms with Crippen LogP contribution < -0.4 is 0 Å². The van der Waals surface area contributed by atoms with Gasteiger partial charge < -0.3 is 4.98 Å². The van der Waals surface area contributed by atoms with Gasteiger partial charge >= 0.3 is 0 Å². The molecule has 3 rings (SSSR count). The van der Waals surface area contributed by atoms with Crippen molar-refractivity contribution in [1.29, 1.82) is 0 Å². The smallest absolute Gasteiger partial charge is 0.182 e. The number of hydrogen-bond donors (Lipinski definition) is 1. The third kappa shape index (κ3) is 1.65. The molecule has 2 aromatic heterocycles. The number of rotatable bonds is 1. The van der Waals surface area contributed by atoms with E-state index in [-0.39, 0.29) is 0 Å². The van der Waals surface area contributed by atoms with Crippen molar-refractivity contribution >= 4 is 34.7 Å². The summed E-state index contributed by atoms with van der Waals surface area (Å²) in [7, 11) is 0. The standard InChI is InChI=1S/C13H10ClN3S/c1-8-7-16-13(18)17(8)11-5-4-10(14)9-3-2-6-15-12(9)11/h2-7H,1H3,(H,16,18). The molecule has 5 heteroatoms. The van der Waals surface area contributed by atoms with Gasteiger partial charge in [0, 0.05) is 23.5 Å². The number of fused-ring (bicyclic) bond motifs is 1. The maximum Gasteiger partial charge on any atom is 0.182 e. The van der Waals surface area contributed by atoms with Crippen molar-refractivity contribution in [2.75, 3.05) is 0 Å². The summed E-state index contributed by atoms with van der Waals surface area (Å²) in [5.74, 6) is 0. The minimum atomic E-state index is 0.654. The zero-order valence-corrected chi connectivity index (χ0v) is 11.2. The van der Waals surface area contributed by atoms with Gasteiger partial charge in [-0.2, -0.15) is 0 Å². The van der Waals surface area contributed by atoms with Gasteiger partial charge in [0.1, 0.15) is 0 Å². The molecule has 2 heterocycles. The Hall–Kier alpha value is -1.65. The summed E-state index contributed by atoms with van der Waals surface area (Å²) in [4.78, 5) is 7.45. The lowest BCUT2D eigenvalue weighted by Crippen LogP contribution is -1.98. The molecule has 0 amide bonds. The van der Waals surface area contributed by atoms with Crippen molar-refractivity contribution in [2.45, 2.75) is 6.92 Å². The lowest BCUT2D eigenvalue weighted by atomic mass is 10.2. The Balaban J connectivity index is 2.45. The van der Waals surface area contributed by atoms with Gasteiger partial charge in [-0.3, -0.25) is 9.55 Å². The second-order valence-electron chi connectivity index (χ2n) is 4.04. The highest BCUT2D eigenvalue weighted by Crippen LogP contribution is 2.27. The average Bonchev–Trinajstić information content (AvgIpc) is 2.71. The lowest BCUT2D eigenvalue weighted by molar-refractivity contribution is 0.990. The number of aromatic amines is 1. The van der Waals surface area contributed by atoms with Crippen molar-refractivity contribution in [1.82, 2.24) is 14.5 Å². The fraction of sp³-hybridized carbons (Fsp3) is 0.0769. The first-order valence-corrected chi connectivity index (χ1v) is 6.28. The Morgan fingerprint density at radius 3 is 2.89 bits per heavy atom. The highest BCUT2D eigenvalue weighted by Gasteiger charge is 2.09. The molecule has 0 aliphatic rings. The summed E-state index contributed by atoms with van der Waals surface area (Å²) in [6, 6.07) is 7.64. The predicted octanol–water partition coefficient (Wildman–Crippen LogP) is 4.04. The van der Waals surface area contributed by atoms with Crippen molar-refractivity contribution in [3.05, 3.63) is 52.1 Å². The molecule has 1 N–H and O–H groups in total. The summed E-state index contributed by atoms with van der Waals surface area (Å²) in [6.07, 6.45) is 3.64. The second kappa shape index (κ2) is 4.23. The van der Waals surface area contributed by atoms with E-state index in [1.54, 1.807) is 6.20 Å². The first-order valence-electron chi connectivity index (χ1n) is 5.49. The molecular weight excluding hydrogens is 266 g/mol. The van der Waals surface area contributed by atoms with Gasteiger partial charge in [0.2, 0.25) is 0 Å². The second-order valence-corrected chi connectivity index (χ2v) is 4.83. The molecule has 1 aromatic carbocycles. The van der Waals surface area contributed by atoms with Gasteiger partial charge in [-0.1, -0.05) is 11.6 Å². The van der Waals surface area contributed by atoms with E-state index in [1.165, 1.54) is 0 Å². The third-order valence-electron chi connectivity index (χ3n) is 2.90. The number of nitrogens with zero attached hydrogens (tertiary/aromatic N) is 2. The SMILES string of the molecule is Cc1c[nH]c(=S)n1-c1ccc(Cl)c2cccnc12. The quantitative estimate of drug-likeness (QED) is 0.680. The monoisotopic (exact) mass is 275 g/mol. The number of imidazole rings is 1. The number of aryl methyl sites for hydroxylation is 1. The van der Waals surface area contributed by atoms with Crippen LogP contribution in [-0.2, 0) is 0 Å². The zero-order chi connectivity index (χ0) is 12.7. The van der Waals surface area contributed by atoms with Crippen LogP contribution in [0.2, 0.25) is 5.02 Å². The molecule has 3 aromatic rings. The number of halogens is 1. The molecule has 0 atom stereocenters. The van der Waals surface area contributed by atoms with Crippen LogP contribution in [-0.4, -0.2) is 14.5 Å². The average molecular weight is 276 g/mol. The van der Waals surface area contributed by atoms with Crippen LogP contribution in [0.3, 0.4) is 0 Å². The van der Waals surface area contributed by atoms with Crippen LogP contribution >= 0.6 is 23.8 Å². The molecule has 0 saturated heterocycles. The number of aromatic nitrogens is 3. The summed E-state index contributed by atoms with van der Waals surface area (Å²) in [5.41, 5.74) is 2.83. The van der Waals surface area contributed by atoms with E-state index in [9.17, 15) is 0 Å². The summed E-state index contributed by atoms with van der Waals surface area (Å²) in [6.45, 7) is 2.00. The minimum Gasteiger partial charge on any atom is -0.337 e. The van der Waals surface area contributed by atoms with Crippen LogP contribution in [0.1, 0.15) is 5.69 Å². The molecule has 3 nitrogen and oxygen atoms in total. The largest absolute Gasteiger partial charge is 0.337 e. The fourth-order valence-electron chi connectivity index (χ4n) is 2.06. The molecule has 0 bridgehead atoms. The molecule has 0 aliphatic carbocycles. The van der Waals surface area contributed by atoms with Gasteiger partial charge in [-0.25, -0.2) is 0 Å². The van der Waals surface area contributed by atoms with Crippen LogP contribution in [0.4, 0.5) is 0 Å². The summed E-state index contributed by atoms with van der Waals surface area (Å²) in [5, 5.41) is 1.63. The number of hydrogen-bond acceptors (Lipinski definition) is 2. The van der Waals surface area contributed by atoms with Crippen molar-refractivity contribution in [3.63, 3.8) is 0 Å². The van der Waals surface area contributed by atoms with E-state index < -0.39 is 0 Å². The van der Waals surface area contributed by atoms with E-state index >= 15 is 0 Å². The number of H-pyrrole nitrogens is 1. The Kier molecular flexibility index (Phi) is 2.69. The maximum atomic E-state index is 6.19. The molecule has 0 spiro atoms. The van der Waals surface area contributed by atoms with Crippen LogP contribution in [0.25, 0.3) is 16.6 Å². The fourth-order valence-corrected chi connectivity index (χ4v) is 2.57. The zero-order valence-electron chi connectivity index (χ0n) is 9.64. The first-order chi connectivity index (χ1) is 8.68. The van der Waals surface area contributed by atoms with Gasteiger partial charge in [-0.15, -0.1) is 0 Å². The number of benzene rings is 1. The van der Waals surface area contributed by atoms with Crippen molar-refractivity contribution < 1.29 is 0 Å².